The zero-order valence-corrected chi connectivity index (χ0v) is 12.7. The Morgan fingerprint density at radius 2 is 1.87 bits per heavy atom. The number of nitrogens with zero attached hydrogens (tertiary/aromatic N) is 2. The van der Waals surface area contributed by atoms with Crippen LogP contribution in [0.3, 0.4) is 0 Å². The third-order valence-corrected chi connectivity index (χ3v) is 3.23. The summed E-state index contributed by atoms with van der Waals surface area (Å²) in [5.41, 5.74) is 4.34. The monoisotopic (exact) mass is 329 g/mol. The van der Waals surface area contributed by atoms with E-state index in [2.05, 4.69) is 4.98 Å². The topological polar surface area (TPSA) is 123 Å². The molecule has 0 bridgehead atoms. The molecule has 10 heteroatoms. The van der Waals surface area contributed by atoms with Crippen LogP contribution in [0, 0.1) is 5.82 Å². The van der Waals surface area contributed by atoms with E-state index < -0.39 is 53.8 Å². The van der Waals surface area contributed by atoms with Crippen molar-refractivity contribution < 1.29 is 28.2 Å². The zero-order valence-electron chi connectivity index (χ0n) is 12.7. The fourth-order valence-corrected chi connectivity index (χ4v) is 2.34. The molecular formula is C13H16FN3O6. The van der Waals surface area contributed by atoms with Crippen molar-refractivity contribution in [3.05, 3.63) is 22.5 Å². The summed E-state index contributed by atoms with van der Waals surface area (Å²) in [6, 6.07) is 0. The van der Waals surface area contributed by atoms with Crippen LogP contribution in [0.25, 0.3) is 0 Å². The molecule has 4 atom stereocenters. The highest BCUT2D eigenvalue weighted by atomic mass is 19.1. The van der Waals surface area contributed by atoms with Crippen molar-refractivity contribution in [1.29, 1.82) is 0 Å². The van der Waals surface area contributed by atoms with Gasteiger partial charge in [-0.3, -0.25) is 14.2 Å². The Kier molecular flexibility index (Phi) is 4.64. The van der Waals surface area contributed by atoms with Gasteiger partial charge in [0.1, 0.15) is 0 Å². The summed E-state index contributed by atoms with van der Waals surface area (Å²) in [5.74, 6) is -2.78. The maximum absolute atomic E-state index is 13.6. The van der Waals surface area contributed by atoms with Crippen molar-refractivity contribution in [2.24, 2.45) is 0 Å². The van der Waals surface area contributed by atoms with E-state index in [4.69, 9.17) is 19.9 Å². The normalized spacial score (nSPS) is 26.8. The molecule has 1 aliphatic rings. The van der Waals surface area contributed by atoms with Gasteiger partial charge in [-0.25, -0.2) is 9.18 Å². The molecule has 1 aliphatic heterocycles. The van der Waals surface area contributed by atoms with Crippen LogP contribution in [0.4, 0.5) is 10.2 Å². The van der Waals surface area contributed by atoms with E-state index in [1.165, 1.54) is 6.92 Å². The number of esters is 2. The van der Waals surface area contributed by atoms with E-state index in [9.17, 15) is 18.8 Å². The molecule has 0 aliphatic carbocycles. The van der Waals surface area contributed by atoms with E-state index in [1.54, 1.807) is 6.92 Å². The summed E-state index contributed by atoms with van der Waals surface area (Å²) in [6.07, 6.45) is -3.17. The van der Waals surface area contributed by atoms with Gasteiger partial charge in [0.05, 0.1) is 12.3 Å². The molecular weight excluding hydrogens is 313 g/mol. The number of anilines is 1. The highest BCUT2D eigenvalue weighted by Gasteiger charge is 2.48. The van der Waals surface area contributed by atoms with Gasteiger partial charge in [0, 0.05) is 13.8 Å². The first kappa shape index (κ1) is 16.9. The van der Waals surface area contributed by atoms with Gasteiger partial charge < -0.3 is 19.9 Å². The molecule has 1 aromatic heterocycles. The minimum atomic E-state index is -1.20. The molecule has 1 saturated heterocycles. The minimum absolute atomic E-state index is 0.558. The number of ether oxygens (including phenoxy) is 3. The molecule has 23 heavy (non-hydrogen) atoms. The molecule has 9 nitrogen and oxygen atoms in total. The van der Waals surface area contributed by atoms with Crippen molar-refractivity contribution in [2.75, 3.05) is 5.73 Å². The maximum Gasteiger partial charge on any atom is 0.351 e. The molecule has 2 rings (SSSR count). The number of carbonyl (C=O) groups is 2. The van der Waals surface area contributed by atoms with Gasteiger partial charge >= 0.3 is 17.6 Å². The summed E-state index contributed by atoms with van der Waals surface area (Å²) in [4.78, 5) is 37.8. The first-order valence-corrected chi connectivity index (χ1v) is 6.74. The van der Waals surface area contributed by atoms with Gasteiger partial charge in [0.2, 0.25) is 0 Å². The maximum atomic E-state index is 13.6. The second-order valence-corrected chi connectivity index (χ2v) is 5.04. The Morgan fingerprint density at radius 1 is 1.30 bits per heavy atom. The lowest BCUT2D eigenvalue weighted by atomic mass is 10.1. The van der Waals surface area contributed by atoms with Crippen molar-refractivity contribution in [3.63, 3.8) is 0 Å². The molecule has 2 N–H and O–H groups in total. The highest BCUT2D eigenvalue weighted by Crippen LogP contribution is 2.33. The largest absolute Gasteiger partial charge is 0.456 e. The summed E-state index contributed by atoms with van der Waals surface area (Å²) < 4.78 is 30.1. The molecule has 1 aromatic rings. The van der Waals surface area contributed by atoms with Crippen LogP contribution < -0.4 is 11.4 Å². The average molecular weight is 329 g/mol. The number of carbonyl (C=O) groups excluding carboxylic acids is 2. The quantitative estimate of drug-likeness (QED) is 0.753. The van der Waals surface area contributed by atoms with Crippen LogP contribution in [0.15, 0.2) is 11.0 Å². The standard InChI is InChI=1S/C13H16FN3O6/c1-5-9(22-6(2)18)10(23-7(3)19)12(21-5)17-4-8(14)11(15)16-13(17)20/h4-5,9-10,12H,1-3H3,(H2,15,16,20)/t5-,9-,10?,12?/m1/s1. The fraction of sp³-hybridized carbons (Fsp3) is 0.538. The minimum Gasteiger partial charge on any atom is -0.456 e. The third kappa shape index (κ3) is 3.47. The van der Waals surface area contributed by atoms with Crippen LogP contribution in [-0.2, 0) is 23.8 Å². The highest BCUT2D eigenvalue weighted by molar-refractivity contribution is 5.67. The summed E-state index contributed by atoms with van der Waals surface area (Å²) in [5, 5.41) is 0. The SMILES string of the molecule is CC(=O)OC1C(n2cc(F)c(N)nc2=O)O[C@H](C)[C@H]1OC(C)=O. The van der Waals surface area contributed by atoms with Gasteiger partial charge in [0.25, 0.3) is 0 Å². The van der Waals surface area contributed by atoms with Crippen molar-refractivity contribution in [3.8, 4) is 0 Å². The third-order valence-electron chi connectivity index (χ3n) is 3.23. The molecule has 2 unspecified atom stereocenters. The Labute approximate surface area is 130 Å². The lowest BCUT2D eigenvalue weighted by Gasteiger charge is -2.23. The van der Waals surface area contributed by atoms with Crippen molar-refractivity contribution >= 4 is 17.8 Å². The van der Waals surface area contributed by atoms with Gasteiger partial charge in [-0.2, -0.15) is 4.98 Å². The lowest BCUT2D eigenvalue weighted by Crippen LogP contribution is -2.40. The van der Waals surface area contributed by atoms with Crippen molar-refractivity contribution in [1.82, 2.24) is 9.55 Å². The van der Waals surface area contributed by atoms with E-state index in [0.29, 0.717) is 0 Å². The fourth-order valence-electron chi connectivity index (χ4n) is 2.34. The predicted octanol–water partition coefficient (Wildman–Crippen LogP) is -0.255. The number of aromatic nitrogens is 2. The summed E-state index contributed by atoms with van der Waals surface area (Å²) in [6.45, 7) is 3.90. The molecule has 2 heterocycles. The van der Waals surface area contributed by atoms with E-state index in [1.807, 2.05) is 0 Å². The van der Waals surface area contributed by atoms with Crippen LogP contribution in [0.1, 0.15) is 27.0 Å². The second kappa shape index (κ2) is 6.32. The van der Waals surface area contributed by atoms with Gasteiger partial charge in [0.15, 0.2) is 30.1 Å². The van der Waals surface area contributed by atoms with Crippen molar-refractivity contribution in [2.45, 2.75) is 45.3 Å². The number of rotatable bonds is 3. The zero-order chi connectivity index (χ0) is 17.3. The molecule has 0 radical (unpaired) electrons. The number of hydrogen-bond acceptors (Lipinski definition) is 8. The number of nitrogens with two attached hydrogens (primary N) is 1. The molecule has 0 aromatic carbocycles. The Morgan fingerprint density at radius 3 is 2.43 bits per heavy atom. The average Bonchev–Trinajstić information content (AvgIpc) is 2.70. The first-order valence-electron chi connectivity index (χ1n) is 6.74. The van der Waals surface area contributed by atoms with Crippen LogP contribution in [0.5, 0.6) is 0 Å². The van der Waals surface area contributed by atoms with Crippen LogP contribution in [0.2, 0.25) is 0 Å². The Hall–Kier alpha value is -2.49. The lowest BCUT2D eigenvalue weighted by molar-refractivity contribution is -0.165. The Bertz CT molecular complexity index is 691. The van der Waals surface area contributed by atoms with Crippen LogP contribution in [-0.4, -0.2) is 39.8 Å². The van der Waals surface area contributed by atoms with E-state index in [0.717, 1.165) is 17.7 Å². The van der Waals surface area contributed by atoms with Gasteiger partial charge in [-0.05, 0) is 6.92 Å². The van der Waals surface area contributed by atoms with E-state index in [-0.39, 0.29) is 0 Å². The smallest absolute Gasteiger partial charge is 0.351 e. The number of halogens is 1. The van der Waals surface area contributed by atoms with Crippen LogP contribution >= 0.6 is 0 Å². The number of nitrogen functional groups attached to an aromatic ring is 1. The van der Waals surface area contributed by atoms with E-state index >= 15 is 0 Å². The van der Waals surface area contributed by atoms with Gasteiger partial charge in [-0.15, -0.1) is 0 Å². The first-order chi connectivity index (χ1) is 10.7. The number of hydrogen-bond donors (Lipinski definition) is 1. The Balaban J connectivity index is 2.43. The van der Waals surface area contributed by atoms with Gasteiger partial charge in [-0.1, -0.05) is 0 Å². The predicted molar refractivity (Wildman–Crippen MR) is 73.6 cm³/mol. The second-order valence-electron chi connectivity index (χ2n) is 5.04. The molecule has 0 spiro atoms. The summed E-state index contributed by atoms with van der Waals surface area (Å²) >= 11 is 0. The summed E-state index contributed by atoms with van der Waals surface area (Å²) in [7, 11) is 0. The molecule has 1 fully saturated rings. The molecule has 126 valence electrons. The molecule has 0 saturated carbocycles. The molecule has 0 amide bonds.